The van der Waals surface area contributed by atoms with Gasteiger partial charge in [-0.3, -0.25) is 14.4 Å². The van der Waals surface area contributed by atoms with Gasteiger partial charge in [-0.25, -0.2) is 0 Å². The molecule has 0 spiro atoms. The van der Waals surface area contributed by atoms with Crippen LogP contribution >= 0.6 is 11.3 Å². The van der Waals surface area contributed by atoms with Gasteiger partial charge in [-0.05, 0) is 53.6 Å². The predicted octanol–water partition coefficient (Wildman–Crippen LogP) is 2.82. The molecule has 2 aromatic rings. The monoisotopic (exact) mass is 346 g/mol. The molecule has 2 N–H and O–H groups in total. The van der Waals surface area contributed by atoms with Crippen LogP contribution in [0, 0.1) is 0 Å². The second kappa shape index (κ2) is 8.26. The van der Waals surface area contributed by atoms with Crippen LogP contribution in [0.1, 0.15) is 19.4 Å². The van der Waals surface area contributed by atoms with E-state index in [1.54, 1.807) is 24.3 Å². The molecule has 24 heavy (non-hydrogen) atoms. The van der Waals surface area contributed by atoms with Gasteiger partial charge < -0.3 is 15.4 Å². The fraction of sp³-hybridized carbons (Fsp3) is 0.235. The molecule has 6 nitrogen and oxygen atoms in total. The first-order valence-corrected chi connectivity index (χ1v) is 8.27. The first kappa shape index (κ1) is 17.7. The van der Waals surface area contributed by atoms with Gasteiger partial charge in [-0.15, -0.1) is 0 Å². The van der Waals surface area contributed by atoms with Crippen molar-refractivity contribution in [3.63, 3.8) is 0 Å². The summed E-state index contributed by atoms with van der Waals surface area (Å²) in [6.45, 7) is 2.94. The van der Waals surface area contributed by atoms with Crippen molar-refractivity contribution in [2.75, 3.05) is 10.6 Å². The van der Waals surface area contributed by atoms with Gasteiger partial charge in [0, 0.05) is 18.3 Å². The molecule has 1 heterocycles. The van der Waals surface area contributed by atoms with Crippen LogP contribution in [-0.4, -0.2) is 23.9 Å². The largest absolute Gasteiger partial charge is 0.452 e. The number of benzene rings is 1. The molecule has 2 amide bonds. The molecule has 0 aliphatic heterocycles. The van der Waals surface area contributed by atoms with Crippen molar-refractivity contribution in [2.45, 2.75) is 26.4 Å². The highest BCUT2D eigenvalue weighted by molar-refractivity contribution is 7.08. The highest BCUT2D eigenvalue weighted by atomic mass is 32.1. The third-order valence-electron chi connectivity index (χ3n) is 3.08. The normalized spacial score (nSPS) is 11.4. The maximum absolute atomic E-state index is 12.1. The highest BCUT2D eigenvalue weighted by Gasteiger charge is 2.18. The molecule has 0 aliphatic rings. The minimum Gasteiger partial charge on any atom is -0.452 e. The van der Waals surface area contributed by atoms with Gasteiger partial charge in [0.1, 0.15) is 0 Å². The van der Waals surface area contributed by atoms with Gasteiger partial charge >= 0.3 is 5.97 Å². The van der Waals surface area contributed by atoms with Gasteiger partial charge in [0.2, 0.25) is 5.91 Å². The molecule has 0 aliphatic carbocycles. The number of amides is 2. The number of nitrogens with one attached hydrogen (secondary N) is 2. The Morgan fingerprint density at radius 2 is 1.71 bits per heavy atom. The minimum atomic E-state index is -0.897. The van der Waals surface area contributed by atoms with Crippen molar-refractivity contribution < 1.29 is 19.1 Å². The smallest absolute Gasteiger partial charge is 0.311 e. The Bertz CT molecular complexity index is 711. The number of rotatable bonds is 6. The summed E-state index contributed by atoms with van der Waals surface area (Å²) in [6.07, 6.45) is -0.752. The van der Waals surface area contributed by atoms with Crippen molar-refractivity contribution in [1.82, 2.24) is 0 Å². The van der Waals surface area contributed by atoms with E-state index >= 15 is 0 Å². The van der Waals surface area contributed by atoms with E-state index in [9.17, 15) is 14.4 Å². The lowest BCUT2D eigenvalue weighted by molar-refractivity contribution is -0.152. The Labute approximate surface area is 143 Å². The zero-order valence-corrected chi connectivity index (χ0v) is 14.2. The van der Waals surface area contributed by atoms with Crippen LogP contribution in [0.3, 0.4) is 0 Å². The fourth-order valence-electron chi connectivity index (χ4n) is 1.94. The quantitative estimate of drug-likeness (QED) is 0.788. The van der Waals surface area contributed by atoms with Gasteiger partial charge in [0.25, 0.3) is 5.91 Å². The molecule has 1 aromatic heterocycles. The standard InChI is InChI=1S/C17H18N2O4S/c1-11(23-16(21)9-13-7-8-24-10-13)17(22)19-15-5-3-14(4-6-15)18-12(2)20/h3-8,10-11H,9H2,1-2H3,(H,18,20)(H,19,22)/t11-/m0/s1. The third-order valence-corrected chi connectivity index (χ3v) is 3.81. The van der Waals surface area contributed by atoms with E-state index in [4.69, 9.17) is 4.74 Å². The molecule has 2 rings (SSSR count). The number of esters is 1. The Morgan fingerprint density at radius 3 is 2.25 bits per heavy atom. The molecule has 0 bridgehead atoms. The second-order valence-electron chi connectivity index (χ2n) is 5.19. The molecular formula is C17H18N2O4S. The molecule has 0 saturated carbocycles. The SMILES string of the molecule is CC(=O)Nc1ccc(NC(=O)[C@H](C)OC(=O)Cc2ccsc2)cc1. The topological polar surface area (TPSA) is 84.5 Å². The van der Waals surface area contributed by atoms with Gasteiger partial charge in [-0.1, -0.05) is 0 Å². The van der Waals surface area contributed by atoms with Crippen molar-refractivity contribution in [1.29, 1.82) is 0 Å². The van der Waals surface area contributed by atoms with Crippen LogP contribution < -0.4 is 10.6 Å². The number of ether oxygens (including phenoxy) is 1. The summed E-state index contributed by atoms with van der Waals surface area (Å²) in [7, 11) is 0. The number of hydrogen-bond acceptors (Lipinski definition) is 5. The lowest BCUT2D eigenvalue weighted by Crippen LogP contribution is -2.30. The van der Waals surface area contributed by atoms with E-state index in [1.165, 1.54) is 25.2 Å². The van der Waals surface area contributed by atoms with Gasteiger partial charge in [-0.2, -0.15) is 11.3 Å². The van der Waals surface area contributed by atoms with Crippen LogP contribution in [-0.2, 0) is 25.5 Å². The van der Waals surface area contributed by atoms with Crippen LogP contribution in [0.15, 0.2) is 41.1 Å². The number of carbonyl (C=O) groups excluding carboxylic acids is 3. The molecule has 7 heteroatoms. The Hall–Kier alpha value is -2.67. The number of thiophene rings is 1. The summed E-state index contributed by atoms with van der Waals surface area (Å²) in [4.78, 5) is 34.8. The zero-order chi connectivity index (χ0) is 17.5. The third kappa shape index (κ3) is 5.51. The summed E-state index contributed by atoms with van der Waals surface area (Å²) in [5.74, 6) is -1.03. The van der Waals surface area contributed by atoms with E-state index in [-0.39, 0.29) is 12.3 Å². The lowest BCUT2D eigenvalue weighted by Gasteiger charge is -2.13. The van der Waals surface area contributed by atoms with E-state index in [1.807, 2.05) is 16.8 Å². The molecule has 0 unspecified atom stereocenters. The lowest BCUT2D eigenvalue weighted by atomic mass is 10.2. The molecule has 1 atom stereocenters. The fourth-order valence-corrected chi connectivity index (χ4v) is 2.60. The molecule has 0 radical (unpaired) electrons. The Balaban J connectivity index is 1.84. The molecule has 0 saturated heterocycles. The van der Waals surface area contributed by atoms with Crippen LogP contribution in [0.4, 0.5) is 11.4 Å². The number of hydrogen-bond donors (Lipinski definition) is 2. The van der Waals surface area contributed by atoms with E-state index in [0.717, 1.165) is 5.56 Å². The Kier molecular flexibility index (Phi) is 6.08. The first-order valence-electron chi connectivity index (χ1n) is 7.33. The zero-order valence-electron chi connectivity index (χ0n) is 13.4. The maximum atomic E-state index is 12.1. The van der Waals surface area contributed by atoms with Crippen molar-refractivity contribution in [2.24, 2.45) is 0 Å². The summed E-state index contributed by atoms with van der Waals surface area (Å²) in [6, 6.07) is 8.49. The van der Waals surface area contributed by atoms with Gasteiger partial charge in [0.05, 0.1) is 6.42 Å². The van der Waals surface area contributed by atoms with E-state index in [0.29, 0.717) is 11.4 Å². The van der Waals surface area contributed by atoms with Crippen molar-refractivity contribution >= 4 is 40.5 Å². The predicted molar refractivity (Wildman–Crippen MR) is 93.0 cm³/mol. The summed E-state index contributed by atoms with van der Waals surface area (Å²) < 4.78 is 5.13. The van der Waals surface area contributed by atoms with E-state index in [2.05, 4.69) is 10.6 Å². The molecular weight excluding hydrogens is 328 g/mol. The number of carbonyl (C=O) groups is 3. The van der Waals surface area contributed by atoms with Crippen molar-refractivity contribution in [3.8, 4) is 0 Å². The molecule has 1 aromatic carbocycles. The summed E-state index contributed by atoms with van der Waals surface area (Å²) in [5.41, 5.74) is 2.05. The maximum Gasteiger partial charge on any atom is 0.311 e. The minimum absolute atomic E-state index is 0.145. The first-order chi connectivity index (χ1) is 11.4. The van der Waals surface area contributed by atoms with Crippen molar-refractivity contribution in [3.05, 3.63) is 46.7 Å². The van der Waals surface area contributed by atoms with Crippen LogP contribution in [0.25, 0.3) is 0 Å². The van der Waals surface area contributed by atoms with E-state index < -0.39 is 18.0 Å². The summed E-state index contributed by atoms with van der Waals surface area (Å²) >= 11 is 1.50. The molecule has 0 fully saturated rings. The highest BCUT2D eigenvalue weighted by Crippen LogP contribution is 2.14. The second-order valence-corrected chi connectivity index (χ2v) is 5.97. The van der Waals surface area contributed by atoms with Crippen LogP contribution in [0.2, 0.25) is 0 Å². The van der Waals surface area contributed by atoms with Gasteiger partial charge in [0.15, 0.2) is 6.10 Å². The average Bonchev–Trinajstić information content (AvgIpc) is 3.01. The Morgan fingerprint density at radius 1 is 1.08 bits per heavy atom. The average molecular weight is 346 g/mol. The summed E-state index contributed by atoms with van der Waals surface area (Å²) in [5, 5.41) is 9.04. The molecule has 126 valence electrons. The van der Waals surface area contributed by atoms with Crippen LogP contribution in [0.5, 0.6) is 0 Å². The number of anilines is 2.